The van der Waals surface area contributed by atoms with Gasteiger partial charge < -0.3 is 15.8 Å². The number of benzene rings is 1. The SMILES string of the molecule is COC(=O)c1cc(N)ccc1NCC(C)(C)c1cccs1. The van der Waals surface area contributed by atoms with Crippen LogP contribution in [0.3, 0.4) is 0 Å². The van der Waals surface area contributed by atoms with Crippen LogP contribution in [-0.4, -0.2) is 19.6 Å². The highest BCUT2D eigenvalue weighted by molar-refractivity contribution is 7.10. The first kappa shape index (κ1) is 15.4. The summed E-state index contributed by atoms with van der Waals surface area (Å²) >= 11 is 1.73. The van der Waals surface area contributed by atoms with Crippen LogP contribution in [0.5, 0.6) is 0 Å². The summed E-state index contributed by atoms with van der Waals surface area (Å²) in [5.41, 5.74) is 7.46. The molecule has 2 rings (SSSR count). The van der Waals surface area contributed by atoms with Crippen LogP contribution in [0.25, 0.3) is 0 Å². The first-order chi connectivity index (χ1) is 9.94. The van der Waals surface area contributed by atoms with E-state index in [2.05, 4.69) is 30.6 Å². The molecule has 1 heterocycles. The molecule has 0 aliphatic rings. The van der Waals surface area contributed by atoms with Gasteiger partial charge in [0.15, 0.2) is 0 Å². The Labute approximate surface area is 128 Å². The van der Waals surface area contributed by atoms with Crippen LogP contribution >= 0.6 is 11.3 Å². The number of carbonyl (C=O) groups is 1. The highest BCUT2D eigenvalue weighted by atomic mass is 32.1. The highest BCUT2D eigenvalue weighted by Crippen LogP contribution is 2.29. The zero-order chi connectivity index (χ0) is 15.5. The van der Waals surface area contributed by atoms with E-state index in [1.165, 1.54) is 12.0 Å². The number of hydrogen-bond donors (Lipinski definition) is 2. The molecule has 0 saturated heterocycles. The summed E-state index contributed by atoms with van der Waals surface area (Å²) < 4.78 is 4.80. The fourth-order valence-electron chi connectivity index (χ4n) is 2.06. The van der Waals surface area contributed by atoms with Crippen molar-refractivity contribution in [3.05, 3.63) is 46.2 Å². The predicted octanol–water partition coefficient (Wildman–Crippen LogP) is 3.51. The van der Waals surface area contributed by atoms with E-state index in [0.717, 1.165) is 5.69 Å². The minimum atomic E-state index is -0.390. The first-order valence-electron chi connectivity index (χ1n) is 6.70. The minimum absolute atomic E-state index is 0.0249. The third-order valence-corrected chi connectivity index (χ3v) is 4.59. The van der Waals surface area contributed by atoms with E-state index in [9.17, 15) is 4.79 Å². The Bertz CT molecular complexity index is 621. The molecule has 0 saturated carbocycles. The van der Waals surface area contributed by atoms with E-state index in [4.69, 9.17) is 10.5 Å². The van der Waals surface area contributed by atoms with Crippen molar-refractivity contribution in [1.29, 1.82) is 0 Å². The second-order valence-electron chi connectivity index (χ2n) is 5.51. The number of carbonyl (C=O) groups excluding carboxylic acids is 1. The topological polar surface area (TPSA) is 64.3 Å². The predicted molar refractivity (Wildman–Crippen MR) is 88.0 cm³/mol. The lowest BCUT2D eigenvalue weighted by molar-refractivity contribution is 0.0602. The van der Waals surface area contributed by atoms with Crippen molar-refractivity contribution in [2.24, 2.45) is 0 Å². The number of nitrogen functional groups attached to an aromatic ring is 1. The maximum Gasteiger partial charge on any atom is 0.340 e. The van der Waals surface area contributed by atoms with Crippen LogP contribution in [0.4, 0.5) is 11.4 Å². The van der Waals surface area contributed by atoms with Gasteiger partial charge in [-0.2, -0.15) is 0 Å². The largest absolute Gasteiger partial charge is 0.465 e. The lowest BCUT2D eigenvalue weighted by Gasteiger charge is -2.25. The maximum atomic E-state index is 11.8. The number of methoxy groups -OCH3 is 1. The molecule has 0 bridgehead atoms. The van der Waals surface area contributed by atoms with Gasteiger partial charge in [-0.25, -0.2) is 4.79 Å². The van der Waals surface area contributed by atoms with Gasteiger partial charge in [-0.05, 0) is 29.6 Å². The number of anilines is 2. The Kier molecular flexibility index (Phi) is 4.53. The molecule has 0 aliphatic carbocycles. The molecule has 1 aromatic heterocycles. The Morgan fingerprint density at radius 1 is 1.38 bits per heavy atom. The first-order valence-corrected chi connectivity index (χ1v) is 7.58. The number of hydrogen-bond acceptors (Lipinski definition) is 5. The lowest BCUT2D eigenvalue weighted by atomic mass is 9.91. The smallest absolute Gasteiger partial charge is 0.340 e. The molecule has 1 aromatic carbocycles. The third-order valence-electron chi connectivity index (χ3n) is 3.36. The van der Waals surface area contributed by atoms with Crippen LogP contribution in [0.1, 0.15) is 29.1 Å². The van der Waals surface area contributed by atoms with Crippen LogP contribution < -0.4 is 11.1 Å². The van der Waals surface area contributed by atoms with E-state index in [1.807, 2.05) is 12.1 Å². The van der Waals surface area contributed by atoms with Crippen molar-refractivity contribution in [3.63, 3.8) is 0 Å². The van der Waals surface area contributed by atoms with Crippen molar-refractivity contribution in [3.8, 4) is 0 Å². The number of rotatable bonds is 5. The zero-order valence-electron chi connectivity index (χ0n) is 12.5. The van der Waals surface area contributed by atoms with Gasteiger partial charge in [0.05, 0.1) is 12.7 Å². The normalized spacial score (nSPS) is 11.2. The van der Waals surface area contributed by atoms with Gasteiger partial charge in [0.1, 0.15) is 0 Å². The summed E-state index contributed by atoms with van der Waals surface area (Å²) in [4.78, 5) is 13.1. The van der Waals surface area contributed by atoms with Crippen molar-refractivity contribution < 1.29 is 9.53 Å². The second kappa shape index (κ2) is 6.18. The van der Waals surface area contributed by atoms with Gasteiger partial charge in [-0.3, -0.25) is 0 Å². The van der Waals surface area contributed by atoms with E-state index in [0.29, 0.717) is 17.8 Å². The molecule has 0 aliphatic heterocycles. The molecule has 0 atom stereocenters. The Hall–Kier alpha value is -2.01. The molecule has 0 amide bonds. The molecule has 4 nitrogen and oxygen atoms in total. The van der Waals surface area contributed by atoms with E-state index in [-0.39, 0.29) is 5.41 Å². The number of ether oxygens (including phenoxy) is 1. The lowest BCUT2D eigenvalue weighted by Crippen LogP contribution is -2.27. The van der Waals surface area contributed by atoms with Gasteiger partial charge in [0.2, 0.25) is 0 Å². The second-order valence-corrected chi connectivity index (χ2v) is 6.46. The van der Waals surface area contributed by atoms with Crippen molar-refractivity contribution in [1.82, 2.24) is 0 Å². The third kappa shape index (κ3) is 3.55. The number of nitrogens with one attached hydrogen (secondary N) is 1. The van der Waals surface area contributed by atoms with Gasteiger partial charge in [0, 0.05) is 28.2 Å². The van der Waals surface area contributed by atoms with Crippen molar-refractivity contribution in [2.45, 2.75) is 19.3 Å². The molecule has 0 spiro atoms. The quantitative estimate of drug-likeness (QED) is 0.655. The Morgan fingerprint density at radius 3 is 2.76 bits per heavy atom. The van der Waals surface area contributed by atoms with Gasteiger partial charge in [0.25, 0.3) is 0 Å². The average molecular weight is 304 g/mol. The number of esters is 1. The number of nitrogens with two attached hydrogens (primary N) is 1. The zero-order valence-corrected chi connectivity index (χ0v) is 13.3. The average Bonchev–Trinajstić information content (AvgIpc) is 3.00. The molecule has 21 heavy (non-hydrogen) atoms. The van der Waals surface area contributed by atoms with E-state index < -0.39 is 5.97 Å². The molecule has 0 fully saturated rings. The van der Waals surface area contributed by atoms with Gasteiger partial charge in [-0.1, -0.05) is 19.9 Å². The number of thiophene rings is 1. The van der Waals surface area contributed by atoms with Crippen LogP contribution in [-0.2, 0) is 10.2 Å². The molecule has 2 aromatic rings. The highest BCUT2D eigenvalue weighted by Gasteiger charge is 2.22. The monoisotopic (exact) mass is 304 g/mol. The summed E-state index contributed by atoms with van der Waals surface area (Å²) in [6.07, 6.45) is 0. The minimum Gasteiger partial charge on any atom is -0.465 e. The maximum absolute atomic E-state index is 11.8. The molecular formula is C16H20N2O2S. The van der Waals surface area contributed by atoms with Crippen LogP contribution in [0.15, 0.2) is 35.7 Å². The Balaban J connectivity index is 2.18. The van der Waals surface area contributed by atoms with Crippen molar-refractivity contribution in [2.75, 3.05) is 24.7 Å². The van der Waals surface area contributed by atoms with Crippen LogP contribution in [0.2, 0.25) is 0 Å². The summed E-state index contributed by atoms with van der Waals surface area (Å²) in [6.45, 7) is 5.04. The van der Waals surface area contributed by atoms with E-state index >= 15 is 0 Å². The summed E-state index contributed by atoms with van der Waals surface area (Å²) in [5, 5.41) is 5.40. The molecule has 5 heteroatoms. The van der Waals surface area contributed by atoms with E-state index in [1.54, 1.807) is 23.5 Å². The fraction of sp³-hybridized carbons (Fsp3) is 0.312. The summed E-state index contributed by atoms with van der Waals surface area (Å²) in [5.74, 6) is -0.390. The van der Waals surface area contributed by atoms with Gasteiger partial charge in [-0.15, -0.1) is 11.3 Å². The Morgan fingerprint density at radius 2 is 2.14 bits per heavy atom. The molecule has 0 radical (unpaired) electrons. The fourth-order valence-corrected chi connectivity index (χ4v) is 2.91. The van der Waals surface area contributed by atoms with Crippen LogP contribution in [0, 0.1) is 0 Å². The standard InChI is InChI=1S/C16H20N2O2S/c1-16(2,14-5-4-8-21-14)10-18-13-7-6-11(17)9-12(13)15(19)20-3/h4-9,18H,10,17H2,1-3H3. The molecule has 0 unspecified atom stereocenters. The summed E-state index contributed by atoms with van der Waals surface area (Å²) in [7, 11) is 1.37. The molecular weight excluding hydrogens is 284 g/mol. The van der Waals surface area contributed by atoms with Crippen molar-refractivity contribution >= 4 is 28.7 Å². The summed E-state index contributed by atoms with van der Waals surface area (Å²) in [6, 6.07) is 9.38. The molecule has 3 N–H and O–H groups in total. The molecule has 112 valence electrons. The van der Waals surface area contributed by atoms with Gasteiger partial charge >= 0.3 is 5.97 Å².